The Morgan fingerprint density at radius 2 is 2.33 bits per heavy atom. The molecule has 1 N–H and O–H groups in total. The molecular weight excluding hydrogens is 212 g/mol. The molecule has 0 saturated carbocycles. The van der Waals surface area contributed by atoms with Gasteiger partial charge in [0.05, 0.1) is 5.56 Å². The zero-order chi connectivity index (χ0) is 11.4. The van der Waals surface area contributed by atoms with Gasteiger partial charge in [-0.15, -0.1) is 0 Å². The molecule has 0 bridgehead atoms. The molecule has 0 aliphatic rings. The van der Waals surface area contributed by atoms with E-state index < -0.39 is 18.5 Å². The van der Waals surface area contributed by atoms with Crippen molar-refractivity contribution in [1.82, 2.24) is 5.16 Å². The number of alkyl halides is 2. The van der Waals surface area contributed by atoms with Crippen LogP contribution >= 0.6 is 0 Å². The number of halogens is 2. The maximum absolute atomic E-state index is 11.9. The largest absolute Gasteiger partial charge is 0.478 e. The van der Waals surface area contributed by atoms with Gasteiger partial charge in [0.15, 0.2) is 0 Å². The number of carboxylic acids is 1. The van der Waals surface area contributed by atoms with Crippen LogP contribution < -0.4 is 4.74 Å². The molecule has 1 aromatic rings. The molecule has 7 heteroatoms. The summed E-state index contributed by atoms with van der Waals surface area (Å²) in [5.74, 6) is -1.44. The fraction of sp³-hybridized carbons (Fsp3) is 0.250. The Morgan fingerprint density at radius 3 is 2.87 bits per heavy atom. The van der Waals surface area contributed by atoms with Gasteiger partial charge >= 0.3 is 12.6 Å². The second-order valence-electron chi connectivity index (χ2n) is 2.51. The van der Waals surface area contributed by atoms with Gasteiger partial charge in [-0.3, -0.25) is 0 Å². The van der Waals surface area contributed by atoms with Crippen LogP contribution in [-0.4, -0.2) is 22.8 Å². The zero-order valence-corrected chi connectivity index (χ0v) is 7.61. The van der Waals surface area contributed by atoms with Gasteiger partial charge in [0, 0.05) is 6.08 Å². The molecule has 1 aromatic heterocycles. The van der Waals surface area contributed by atoms with Crippen LogP contribution in [-0.2, 0) is 4.79 Å². The molecule has 0 aliphatic carbocycles. The van der Waals surface area contributed by atoms with Gasteiger partial charge in [0.1, 0.15) is 5.76 Å². The van der Waals surface area contributed by atoms with Gasteiger partial charge in [-0.2, -0.15) is 8.78 Å². The lowest BCUT2D eigenvalue weighted by Crippen LogP contribution is -2.03. The summed E-state index contributed by atoms with van der Waals surface area (Å²) in [6.45, 7) is -1.58. The Labute approximate surface area is 82.9 Å². The third-order valence-corrected chi connectivity index (χ3v) is 1.47. The van der Waals surface area contributed by atoms with Crippen LogP contribution in [0, 0.1) is 6.92 Å². The maximum atomic E-state index is 11.9. The van der Waals surface area contributed by atoms with Crippen molar-refractivity contribution in [3.8, 4) is 5.88 Å². The van der Waals surface area contributed by atoms with Gasteiger partial charge in [-0.05, 0) is 18.2 Å². The third-order valence-electron chi connectivity index (χ3n) is 1.47. The lowest BCUT2D eigenvalue weighted by molar-refractivity contribution is -0.131. The number of rotatable bonds is 4. The topological polar surface area (TPSA) is 72.6 Å². The molecule has 0 aliphatic heterocycles. The number of hydrogen-bond acceptors (Lipinski definition) is 4. The molecule has 0 spiro atoms. The monoisotopic (exact) mass is 219 g/mol. The van der Waals surface area contributed by atoms with E-state index in [2.05, 4.69) is 14.4 Å². The summed E-state index contributed by atoms with van der Waals surface area (Å²) in [7, 11) is 0. The number of nitrogens with zero attached hydrogens (tertiary/aromatic N) is 1. The Kier molecular flexibility index (Phi) is 3.37. The third kappa shape index (κ3) is 3.04. The number of ether oxygens (including phenoxy) is 1. The molecule has 5 nitrogen and oxygen atoms in total. The maximum Gasteiger partial charge on any atom is 0.388 e. The highest BCUT2D eigenvalue weighted by Gasteiger charge is 2.15. The first-order valence-electron chi connectivity index (χ1n) is 3.82. The summed E-state index contributed by atoms with van der Waals surface area (Å²) in [6.07, 6.45) is 1.85. The van der Waals surface area contributed by atoms with E-state index in [0.29, 0.717) is 0 Å². The summed E-state index contributed by atoms with van der Waals surface area (Å²) < 4.78 is 32.3. The highest BCUT2D eigenvalue weighted by molar-refractivity contribution is 5.85. The molecule has 1 heterocycles. The van der Waals surface area contributed by atoms with Crippen LogP contribution in [0.4, 0.5) is 8.78 Å². The molecular formula is C8H7F2NO4. The molecule has 0 saturated heterocycles. The summed E-state index contributed by atoms with van der Waals surface area (Å²) in [6, 6.07) is 0. The Hall–Kier alpha value is -1.92. The molecule has 0 amide bonds. The molecule has 0 unspecified atom stereocenters. The number of carboxylic acid groups (broad SMARTS) is 1. The quantitative estimate of drug-likeness (QED) is 0.780. The highest BCUT2D eigenvalue weighted by atomic mass is 19.3. The van der Waals surface area contributed by atoms with Gasteiger partial charge in [-0.25, -0.2) is 4.79 Å². The van der Waals surface area contributed by atoms with Crippen molar-refractivity contribution in [3.05, 3.63) is 17.4 Å². The Morgan fingerprint density at radius 1 is 1.67 bits per heavy atom. The van der Waals surface area contributed by atoms with Crippen molar-refractivity contribution in [2.45, 2.75) is 13.5 Å². The summed E-state index contributed by atoms with van der Waals surface area (Å²) in [5, 5.41) is 11.6. The van der Waals surface area contributed by atoms with E-state index in [4.69, 9.17) is 5.11 Å². The smallest absolute Gasteiger partial charge is 0.388 e. The van der Waals surface area contributed by atoms with Gasteiger partial charge in [0.2, 0.25) is 0 Å². The average Bonchev–Trinajstić information content (AvgIpc) is 2.43. The molecule has 0 fully saturated rings. The number of aliphatic carboxylic acids is 1. The van der Waals surface area contributed by atoms with Gasteiger partial charge in [0.25, 0.3) is 5.88 Å². The first kappa shape index (κ1) is 11.2. The van der Waals surface area contributed by atoms with E-state index >= 15 is 0 Å². The van der Waals surface area contributed by atoms with Crippen molar-refractivity contribution < 1.29 is 27.9 Å². The van der Waals surface area contributed by atoms with Crippen molar-refractivity contribution in [2.75, 3.05) is 0 Å². The highest BCUT2D eigenvalue weighted by Crippen LogP contribution is 2.23. The fourth-order valence-electron chi connectivity index (χ4n) is 0.872. The van der Waals surface area contributed by atoms with Gasteiger partial charge in [-0.1, -0.05) is 0 Å². The fourth-order valence-corrected chi connectivity index (χ4v) is 0.872. The normalized spacial score (nSPS) is 11.2. The van der Waals surface area contributed by atoms with Crippen molar-refractivity contribution in [3.63, 3.8) is 0 Å². The number of aryl methyl sites for hydroxylation is 1. The molecule has 0 atom stereocenters. The SMILES string of the molecule is Cc1onc(OC(F)F)c1/C=C/C(=O)O. The van der Waals surface area contributed by atoms with Crippen LogP contribution in [0.3, 0.4) is 0 Å². The number of hydrogen-bond donors (Lipinski definition) is 1. The van der Waals surface area contributed by atoms with Crippen molar-refractivity contribution in [2.24, 2.45) is 0 Å². The molecule has 1 rings (SSSR count). The molecule has 0 radical (unpaired) electrons. The van der Waals surface area contributed by atoms with E-state index in [-0.39, 0.29) is 11.3 Å². The predicted molar refractivity (Wildman–Crippen MR) is 44.5 cm³/mol. The van der Waals surface area contributed by atoms with Gasteiger partial charge < -0.3 is 14.4 Å². The second-order valence-corrected chi connectivity index (χ2v) is 2.51. The minimum absolute atomic E-state index is 0.0812. The van der Waals surface area contributed by atoms with Crippen LogP contribution in [0.2, 0.25) is 0 Å². The van der Waals surface area contributed by atoms with Crippen LogP contribution in [0.1, 0.15) is 11.3 Å². The van der Waals surface area contributed by atoms with E-state index in [0.717, 1.165) is 12.2 Å². The summed E-state index contributed by atoms with van der Waals surface area (Å²) in [4.78, 5) is 10.2. The van der Waals surface area contributed by atoms with Crippen LogP contribution in [0.25, 0.3) is 6.08 Å². The Balaban J connectivity index is 2.93. The Bertz CT molecular complexity index is 386. The summed E-state index contributed by atoms with van der Waals surface area (Å²) >= 11 is 0. The first-order chi connectivity index (χ1) is 7.00. The number of carbonyl (C=O) groups is 1. The number of aromatic nitrogens is 1. The lowest BCUT2D eigenvalue weighted by Gasteiger charge is -1.99. The first-order valence-corrected chi connectivity index (χ1v) is 3.82. The van der Waals surface area contributed by atoms with Crippen molar-refractivity contribution in [1.29, 1.82) is 0 Å². The summed E-state index contributed by atoms with van der Waals surface area (Å²) in [5.41, 5.74) is 0.0812. The second kappa shape index (κ2) is 4.54. The average molecular weight is 219 g/mol. The minimum Gasteiger partial charge on any atom is -0.478 e. The van der Waals surface area contributed by atoms with E-state index in [1.807, 2.05) is 0 Å². The molecule has 15 heavy (non-hydrogen) atoms. The lowest BCUT2D eigenvalue weighted by atomic mass is 10.2. The zero-order valence-electron chi connectivity index (χ0n) is 7.61. The minimum atomic E-state index is -3.04. The molecule has 0 aromatic carbocycles. The van der Waals surface area contributed by atoms with Crippen LogP contribution in [0.5, 0.6) is 5.88 Å². The molecule has 82 valence electrons. The van der Waals surface area contributed by atoms with E-state index in [1.54, 1.807) is 0 Å². The van der Waals surface area contributed by atoms with Crippen LogP contribution in [0.15, 0.2) is 10.6 Å². The van der Waals surface area contributed by atoms with Crippen molar-refractivity contribution >= 4 is 12.0 Å². The van der Waals surface area contributed by atoms with E-state index in [1.165, 1.54) is 6.92 Å². The van der Waals surface area contributed by atoms with E-state index in [9.17, 15) is 13.6 Å². The standard InChI is InChI=1S/C8H7F2NO4/c1-4-5(2-3-6(12)13)7(11-15-4)14-8(9)10/h2-3,8H,1H3,(H,12,13)/b3-2+. The predicted octanol–water partition coefficient (Wildman–Crippen LogP) is 1.68.